The highest BCUT2D eigenvalue weighted by Gasteiger charge is 2.50. The van der Waals surface area contributed by atoms with Crippen LogP contribution in [-0.2, 0) is 10.2 Å². The zero-order valence-corrected chi connectivity index (χ0v) is 18.5. The van der Waals surface area contributed by atoms with E-state index in [0.717, 1.165) is 43.0 Å². The Balaban J connectivity index is 1.37. The van der Waals surface area contributed by atoms with Gasteiger partial charge in [0.15, 0.2) is 0 Å². The fourth-order valence-electron chi connectivity index (χ4n) is 6.63. The predicted octanol–water partition coefficient (Wildman–Crippen LogP) is 5.27. The van der Waals surface area contributed by atoms with E-state index < -0.39 is 5.60 Å². The number of ether oxygens (including phenoxy) is 1. The Morgan fingerprint density at radius 3 is 2.52 bits per heavy atom. The molecule has 2 aliphatic heterocycles. The summed E-state index contributed by atoms with van der Waals surface area (Å²) in [7, 11) is 0. The van der Waals surface area contributed by atoms with Crippen molar-refractivity contribution in [3.8, 4) is 0 Å². The number of carbonyl (C=O) groups is 1. The SMILES string of the molecule is Cc1ccc2c(c1)C1(CCN(C3C[C@H]4CC[C@@H]3C4)CC1)CN2C(=O)OC(C)(C)C. The third kappa shape index (κ3) is 3.37. The number of carbonyl (C=O) groups excluding carboxylic acids is 1. The van der Waals surface area contributed by atoms with Crippen LogP contribution < -0.4 is 4.90 Å². The van der Waals surface area contributed by atoms with Crippen molar-refractivity contribution in [1.29, 1.82) is 0 Å². The second kappa shape index (κ2) is 6.73. The first-order valence-electron chi connectivity index (χ1n) is 11.6. The number of rotatable bonds is 1. The first kappa shape index (κ1) is 19.4. The van der Waals surface area contributed by atoms with E-state index in [1.807, 2.05) is 25.7 Å². The van der Waals surface area contributed by atoms with E-state index in [2.05, 4.69) is 30.0 Å². The molecule has 3 atom stereocenters. The maximum atomic E-state index is 13.0. The van der Waals surface area contributed by atoms with Gasteiger partial charge in [-0.1, -0.05) is 24.1 Å². The minimum Gasteiger partial charge on any atom is -0.443 e. The second-order valence-corrected chi connectivity index (χ2v) is 11.1. The molecule has 2 saturated carbocycles. The molecule has 1 aromatic carbocycles. The normalized spacial score (nSPS) is 30.8. The first-order valence-corrected chi connectivity index (χ1v) is 11.6. The van der Waals surface area contributed by atoms with Crippen LogP contribution in [0.15, 0.2) is 18.2 Å². The lowest BCUT2D eigenvalue weighted by atomic mass is 9.73. The molecule has 2 heterocycles. The minimum absolute atomic E-state index is 0.0897. The van der Waals surface area contributed by atoms with Gasteiger partial charge in [-0.2, -0.15) is 0 Å². The highest BCUT2D eigenvalue weighted by Crippen LogP contribution is 2.51. The molecule has 4 heteroatoms. The van der Waals surface area contributed by atoms with Crippen molar-refractivity contribution >= 4 is 11.8 Å². The number of hydrogen-bond donors (Lipinski definition) is 0. The van der Waals surface area contributed by atoms with Gasteiger partial charge in [0.1, 0.15) is 5.60 Å². The van der Waals surface area contributed by atoms with Gasteiger partial charge in [-0.25, -0.2) is 4.79 Å². The van der Waals surface area contributed by atoms with Gasteiger partial charge in [-0.05, 0) is 96.4 Å². The summed E-state index contributed by atoms with van der Waals surface area (Å²) >= 11 is 0. The van der Waals surface area contributed by atoms with Gasteiger partial charge >= 0.3 is 6.09 Å². The molecule has 2 bridgehead atoms. The third-order valence-electron chi connectivity index (χ3n) is 8.01. The Hall–Kier alpha value is -1.55. The van der Waals surface area contributed by atoms with E-state index in [-0.39, 0.29) is 11.5 Å². The number of amides is 1. The number of likely N-dealkylation sites (tertiary alicyclic amines) is 1. The van der Waals surface area contributed by atoms with Crippen molar-refractivity contribution in [2.24, 2.45) is 11.8 Å². The van der Waals surface area contributed by atoms with Gasteiger partial charge in [-0.3, -0.25) is 4.90 Å². The summed E-state index contributed by atoms with van der Waals surface area (Å²) in [4.78, 5) is 17.7. The number of fused-ring (bicyclic) bond motifs is 4. The highest BCUT2D eigenvalue weighted by molar-refractivity contribution is 5.91. The fraction of sp³-hybridized carbons (Fsp3) is 0.720. The molecule has 1 spiro atoms. The van der Waals surface area contributed by atoms with Crippen LogP contribution in [0.1, 0.15) is 70.4 Å². The molecular formula is C25H36N2O2. The van der Waals surface area contributed by atoms with Crippen LogP contribution in [0.3, 0.4) is 0 Å². The Labute approximate surface area is 175 Å². The van der Waals surface area contributed by atoms with Crippen molar-refractivity contribution in [2.45, 2.75) is 83.3 Å². The molecule has 1 saturated heterocycles. The smallest absolute Gasteiger partial charge is 0.414 e. The zero-order chi connectivity index (χ0) is 20.4. The molecule has 1 amide bonds. The molecule has 29 heavy (non-hydrogen) atoms. The molecule has 0 radical (unpaired) electrons. The maximum Gasteiger partial charge on any atom is 0.414 e. The standard InChI is InChI=1S/C25H36N2O2/c1-17-5-8-21-20(13-17)25(16-27(21)23(28)29-24(2,3)4)9-11-26(12-10-25)22-15-18-6-7-19(22)14-18/h5,8,13,18-19,22H,6-7,9-12,14-16H2,1-4H3/t18-,19+,22?/m0/s1. The van der Waals surface area contributed by atoms with E-state index in [1.54, 1.807) is 0 Å². The van der Waals surface area contributed by atoms with Crippen LogP contribution >= 0.6 is 0 Å². The van der Waals surface area contributed by atoms with Crippen molar-refractivity contribution in [3.05, 3.63) is 29.3 Å². The van der Waals surface area contributed by atoms with Crippen molar-refractivity contribution in [3.63, 3.8) is 0 Å². The summed E-state index contributed by atoms with van der Waals surface area (Å²) in [5, 5.41) is 0. The number of aryl methyl sites for hydroxylation is 1. The summed E-state index contributed by atoms with van der Waals surface area (Å²) in [5.41, 5.74) is 3.34. The van der Waals surface area contributed by atoms with Crippen LogP contribution in [0.5, 0.6) is 0 Å². The zero-order valence-electron chi connectivity index (χ0n) is 18.5. The molecular weight excluding hydrogens is 360 g/mol. The summed E-state index contributed by atoms with van der Waals surface area (Å²) < 4.78 is 5.76. The number of benzene rings is 1. The Bertz CT molecular complexity index is 804. The van der Waals surface area contributed by atoms with E-state index in [1.165, 1.54) is 49.9 Å². The average molecular weight is 397 g/mol. The summed E-state index contributed by atoms with van der Waals surface area (Å²) in [6.07, 6.45) is 7.92. The summed E-state index contributed by atoms with van der Waals surface area (Å²) in [6, 6.07) is 7.41. The number of anilines is 1. The van der Waals surface area contributed by atoms with Crippen molar-refractivity contribution < 1.29 is 9.53 Å². The average Bonchev–Trinajstić information content (AvgIpc) is 3.35. The van der Waals surface area contributed by atoms with Gasteiger partial charge in [0, 0.05) is 18.0 Å². The third-order valence-corrected chi connectivity index (χ3v) is 8.01. The fourth-order valence-corrected chi connectivity index (χ4v) is 6.63. The molecule has 0 aromatic heterocycles. The second-order valence-electron chi connectivity index (χ2n) is 11.1. The number of hydrogen-bond acceptors (Lipinski definition) is 3. The molecule has 1 unspecified atom stereocenters. The molecule has 4 nitrogen and oxygen atoms in total. The molecule has 2 aliphatic carbocycles. The minimum atomic E-state index is -0.469. The van der Waals surface area contributed by atoms with Crippen LogP contribution in [-0.4, -0.2) is 42.3 Å². The Kier molecular flexibility index (Phi) is 4.51. The van der Waals surface area contributed by atoms with Gasteiger partial charge in [0.05, 0.1) is 5.69 Å². The molecule has 1 aromatic rings. The quantitative estimate of drug-likeness (QED) is 0.648. The molecule has 0 N–H and O–H groups in total. The van der Waals surface area contributed by atoms with E-state index >= 15 is 0 Å². The lowest BCUT2D eigenvalue weighted by Crippen LogP contribution is -2.50. The monoisotopic (exact) mass is 396 g/mol. The van der Waals surface area contributed by atoms with Gasteiger partial charge in [0.25, 0.3) is 0 Å². The van der Waals surface area contributed by atoms with Crippen molar-refractivity contribution in [1.82, 2.24) is 4.90 Å². The number of piperidine rings is 1. The largest absolute Gasteiger partial charge is 0.443 e. The first-order chi connectivity index (χ1) is 13.7. The van der Waals surface area contributed by atoms with E-state index in [0.29, 0.717) is 0 Å². The summed E-state index contributed by atoms with van der Waals surface area (Å²) in [6.45, 7) is 11.1. The molecule has 158 valence electrons. The molecule has 3 fully saturated rings. The van der Waals surface area contributed by atoms with Crippen LogP contribution in [0, 0.1) is 18.8 Å². The lowest BCUT2D eigenvalue weighted by molar-refractivity contribution is 0.0558. The van der Waals surface area contributed by atoms with Gasteiger partial charge in [-0.15, -0.1) is 0 Å². The maximum absolute atomic E-state index is 13.0. The van der Waals surface area contributed by atoms with Crippen LogP contribution in [0.2, 0.25) is 0 Å². The Morgan fingerprint density at radius 2 is 1.90 bits per heavy atom. The van der Waals surface area contributed by atoms with Crippen molar-refractivity contribution in [2.75, 3.05) is 24.5 Å². The summed E-state index contributed by atoms with van der Waals surface area (Å²) in [5.74, 6) is 1.95. The van der Waals surface area contributed by atoms with E-state index in [4.69, 9.17) is 4.74 Å². The van der Waals surface area contributed by atoms with Crippen LogP contribution in [0.4, 0.5) is 10.5 Å². The topological polar surface area (TPSA) is 32.8 Å². The predicted molar refractivity (Wildman–Crippen MR) is 116 cm³/mol. The highest BCUT2D eigenvalue weighted by atomic mass is 16.6. The number of nitrogens with zero attached hydrogens (tertiary/aromatic N) is 2. The lowest BCUT2D eigenvalue weighted by Gasteiger charge is -2.44. The van der Waals surface area contributed by atoms with Crippen LogP contribution in [0.25, 0.3) is 0 Å². The van der Waals surface area contributed by atoms with Gasteiger partial charge < -0.3 is 9.64 Å². The van der Waals surface area contributed by atoms with Gasteiger partial charge in [0.2, 0.25) is 0 Å². The Morgan fingerprint density at radius 1 is 1.14 bits per heavy atom. The molecule has 5 rings (SSSR count). The molecule has 4 aliphatic rings. The van der Waals surface area contributed by atoms with E-state index in [9.17, 15) is 4.79 Å².